The van der Waals surface area contributed by atoms with E-state index in [1.165, 1.54) is 11.3 Å². The highest BCUT2D eigenvalue weighted by Crippen LogP contribution is 2.26. The second kappa shape index (κ2) is 9.69. The first-order valence-corrected chi connectivity index (χ1v) is 9.36. The summed E-state index contributed by atoms with van der Waals surface area (Å²) >= 11 is 1.32. The van der Waals surface area contributed by atoms with E-state index in [-0.39, 0.29) is 11.8 Å². The summed E-state index contributed by atoms with van der Waals surface area (Å²) in [6.45, 7) is 8.86. The maximum atomic E-state index is 12.3. The molecule has 1 aromatic rings. The van der Waals surface area contributed by atoms with Crippen LogP contribution in [0, 0.1) is 6.92 Å². The molecule has 2 N–H and O–H groups in total. The fourth-order valence-corrected chi connectivity index (χ4v) is 3.25. The van der Waals surface area contributed by atoms with Crippen molar-refractivity contribution in [3.8, 4) is 0 Å². The zero-order valence-corrected chi connectivity index (χ0v) is 15.8. The number of hydrazine groups is 1. The van der Waals surface area contributed by atoms with Crippen molar-refractivity contribution in [3.63, 3.8) is 0 Å². The number of nitrogens with one attached hydrogen (secondary N) is 2. The van der Waals surface area contributed by atoms with E-state index >= 15 is 0 Å². The fourth-order valence-electron chi connectivity index (χ4n) is 2.24. The lowest BCUT2D eigenvalue weighted by molar-refractivity contribution is -0.132. The molecule has 1 aliphatic rings. The molecule has 0 aromatic carbocycles. The van der Waals surface area contributed by atoms with Crippen LogP contribution >= 0.6 is 11.3 Å². The Morgan fingerprint density at radius 3 is 2.76 bits per heavy atom. The molecule has 9 heteroatoms. The van der Waals surface area contributed by atoms with E-state index in [0.717, 1.165) is 31.1 Å². The number of aromatic nitrogens is 1. The second-order valence-corrected chi connectivity index (χ2v) is 6.80. The molecule has 1 fully saturated rings. The molecule has 2 amide bonds. The van der Waals surface area contributed by atoms with E-state index in [1.54, 1.807) is 13.8 Å². The molecule has 0 aliphatic carbocycles. The van der Waals surface area contributed by atoms with Gasteiger partial charge in [0, 0.05) is 19.7 Å². The SMILES string of the molecule is CCCCOC(C)C(=O)NNC(=O)c1sc(N2CCOCC2)nc1C. The number of hydrogen-bond donors (Lipinski definition) is 2. The maximum absolute atomic E-state index is 12.3. The topological polar surface area (TPSA) is 92.8 Å². The fraction of sp³-hybridized carbons (Fsp3) is 0.688. The normalized spacial score (nSPS) is 15.7. The van der Waals surface area contributed by atoms with Gasteiger partial charge in [-0.15, -0.1) is 0 Å². The van der Waals surface area contributed by atoms with Crippen molar-refractivity contribution in [3.05, 3.63) is 10.6 Å². The molecular formula is C16H26N4O4S. The molecule has 140 valence electrons. The number of amides is 2. The largest absolute Gasteiger partial charge is 0.378 e. The molecular weight excluding hydrogens is 344 g/mol. The van der Waals surface area contributed by atoms with Gasteiger partial charge in [-0.1, -0.05) is 24.7 Å². The molecule has 0 saturated carbocycles. The van der Waals surface area contributed by atoms with Gasteiger partial charge in [0.05, 0.1) is 18.9 Å². The average molecular weight is 370 g/mol. The van der Waals surface area contributed by atoms with Crippen LogP contribution in [0.5, 0.6) is 0 Å². The van der Waals surface area contributed by atoms with Crippen molar-refractivity contribution in [2.45, 2.75) is 39.7 Å². The van der Waals surface area contributed by atoms with Gasteiger partial charge >= 0.3 is 0 Å². The number of rotatable bonds is 7. The molecule has 1 atom stereocenters. The number of anilines is 1. The van der Waals surface area contributed by atoms with Gasteiger partial charge in [0.15, 0.2) is 5.13 Å². The third-order valence-electron chi connectivity index (χ3n) is 3.81. The molecule has 25 heavy (non-hydrogen) atoms. The highest BCUT2D eigenvalue weighted by atomic mass is 32.1. The Bertz CT molecular complexity index is 587. The molecule has 2 heterocycles. The predicted octanol–water partition coefficient (Wildman–Crippen LogP) is 1.25. The Morgan fingerprint density at radius 1 is 1.36 bits per heavy atom. The van der Waals surface area contributed by atoms with Crippen molar-refractivity contribution in [2.75, 3.05) is 37.8 Å². The Morgan fingerprint density at radius 2 is 2.08 bits per heavy atom. The number of hydrogen-bond acceptors (Lipinski definition) is 7. The van der Waals surface area contributed by atoms with Crippen molar-refractivity contribution in [1.29, 1.82) is 0 Å². The lowest BCUT2D eigenvalue weighted by Gasteiger charge is -2.25. The van der Waals surface area contributed by atoms with Gasteiger partial charge in [-0.25, -0.2) is 4.98 Å². The summed E-state index contributed by atoms with van der Waals surface area (Å²) in [5.74, 6) is -0.747. The Kier molecular flexibility index (Phi) is 7.60. The van der Waals surface area contributed by atoms with Crippen molar-refractivity contribution in [1.82, 2.24) is 15.8 Å². The summed E-state index contributed by atoms with van der Waals surface area (Å²) in [6.07, 6.45) is 1.29. The zero-order chi connectivity index (χ0) is 18.2. The number of carbonyl (C=O) groups excluding carboxylic acids is 2. The molecule has 2 rings (SSSR count). The standard InChI is InChI=1S/C16H26N4O4S/c1-4-5-8-24-12(3)14(21)18-19-15(22)13-11(2)17-16(25-13)20-6-9-23-10-7-20/h12H,4-10H2,1-3H3,(H,18,21)(H,19,22). The van der Waals surface area contributed by atoms with Gasteiger partial charge in [-0.3, -0.25) is 20.4 Å². The molecule has 1 unspecified atom stereocenters. The number of nitrogens with zero attached hydrogens (tertiary/aromatic N) is 2. The Labute approximate surface area is 151 Å². The van der Waals surface area contributed by atoms with E-state index in [1.807, 2.05) is 0 Å². The molecule has 0 bridgehead atoms. The minimum absolute atomic E-state index is 0.372. The number of unbranched alkanes of at least 4 members (excludes halogenated alkanes) is 1. The summed E-state index contributed by atoms with van der Waals surface area (Å²) in [5, 5.41) is 0.800. The van der Waals surface area contributed by atoms with Crippen molar-refractivity contribution in [2.24, 2.45) is 0 Å². The molecule has 0 radical (unpaired) electrons. The average Bonchev–Trinajstić information content (AvgIpc) is 3.02. The van der Waals surface area contributed by atoms with E-state index in [4.69, 9.17) is 9.47 Å². The predicted molar refractivity (Wildman–Crippen MR) is 95.8 cm³/mol. The first kappa shape index (κ1) is 19.6. The van der Waals surface area contributed by atoms with Crippen LogP contribution < -0.4 is 15.8 Å². The summed E-state index contributed by atoms with van der Waals surface area (Å²) in [5.41, 5.74) is 5.49. The van der Waals surface area contributed by atoms with Crippen molar-refractivity contribution >= 4 is 28.3 Å². The number of ether oxygens (including phenoxy) is 2. The van der Waals surface area contributed by atoms with Crippen LogP contribution in [0.3, 0.4) is 0 Å². The molecule has 1 saturated heterocycles. The zero-order valence-electron chi connectivity index (χ0n) is 15.0. The quantitative estimate of drug-likeness (QED) is 0.554. The summed E-state index contributed by atoms with van der Waals surface area (Å²) in [4.78, 5) is 31.3. The number of aryl methyl sites for hydroxylation is 1. The van der Waals surface area contributed by atoms with Crippen LogP contribution in [0.2, 0.25) is 0 Å². The third-order valence-corrected chi connectivity index (χ3v) is 5.02. The van der Waals surface area contributed by atoms with Gasteiger partial charge in [0.2, 0.25) is 0 Å². The number of carbonyl (C=O) groups is 2. The summed E-state index contributed by atoms with van der Waals surface area (Å²) in [7, 11) is 0. The van der Waals surface area contributed by atoms with E-state index in [2.05, 4.69) is 27.7 Å². The lowest BCUT2D eigenvalue weighted by Crippen LogP contribution is -2.46. The van der Waals surface area contributed by atoms with Gasteiger partial charge in [0.25, 0.3) is 11.8 Å². The monoisotopic (exact) mass is 370 g/mol. The molecule has 1 aliphatic heterocycles. The van der Waals surface area contributed by atoms with E-state index < -0.39 is 6.10 Å². The lowest BCUT2D eigenvalue weighted by atomic mass is 10.3. The molecule has 8 nitrogen and oxygen atoms in total. The molecule has 0 spiro atoms. The van der Waals surface area contributed by atoms with Crippen molar-refractivity contribution < 1.29 is 19.1 Å². The first-order chi connectivity index (χ1) is 12.0. The van der Waals surface area contributed by atoms with Crippen LogP contribution in [0.25, 0.3) is 0 Å². The van der Waals surface area contributed by atoms with Crippen LogP contribution in [0.1, 0.15) is 42.1 Å². The maximum Gasteiger partial charge on any atom is 0.281 e. The Hall–Kier alpha value is -1.71. The van der Waals surface area contributed by atoms with Crippen LogP contribution in [-0.4, -0.2) is 55.8 Å². The smallest absolute Gasteiger partial charge is 0.281 e. The summed E-state index contributed by atoms with van der Waals surface area (Å²) < 4.78 is 10.7. The molecule has 1 aromatic heterocycles. The summed E-state index contributed by atoms with van der Waals surface area (Å²) in [6, 6.07) is 0. The highest BCUT2D eigenvalue weighted by Gasteiger charge is 2.21. The second-order valence-electron chi connectivity index (χ2n) is 5.82. The Balaban J connectivity index is 1.86. The van der Waals surface area contributed by atoms with Crippen LogP contribution in [0.4, 0.5) is 5.13 Å². The first-order valence-electron chi connectivity index (χ1n) is 8.54. The van der Waals surface area contributed by atoms with Crippen LogP contribution in [-0.2, 0) is 14.3 Å². The van der Waals surface area contributed by atoms with E-state index in [0.29, 0.717) is 30.4 Å². The van der Waals surface area contributed by atoms with Gasteiger partial charge in [-0.05, 0) is 20.3 Å². The minimum atomic E-state index is -0.613. The minimum Gasteiger partial charge on any atom is -0.378 e. The van der Waals surface area contributed by atoms with Crippen LogP contribution in [0.15, 0.2) is 0 Å². The number of thiazole rings is 1. The highest BCUT2D eigenvalue weighted by molar-refractivity contribution is 7.17. The van der Waals surface area contributed by atoms with Gasteiger partial charge < -0.3 is 14.4 Å². The number of morpholine rings is 1. The van der Waals surface area contributed by atoms with Gasteiger partial charge in [-0.2, -0.15) is 0 Å². The van der Waals surface area contributed by atoms with Gasteiger partial charge in [0.1, 0.15) is 11.0 Å². The third kappa shape index (κ3) is 5.65. The van der Waals surface area contributed by atoms with E-state index in [9.17, 15) is 9.59 Å².